The van der Waals surface area contributed by atoms with Gasteiger partial charge in [-0.25, -0.2) is 4.98 Å². The molecule has 0 bridgehead atoms. The van der Waals surface area contributed by atoms with Crippen molar-refractivity contribution in [1.29, 1.82) is 0 Å². The number of rotatable bonds is 13. The van der Waals surface area contributed by atoms with Crippen molar-refractivity contribution in [3.63, 3.8) is 0 Å². The van der Waals surface area contributed by atoms with E-state index < -0.39 is 0 Å². The third kappa shape index (κ3) is 6.82. The largest absolute Gasteiger partial charge is 0.494 e. The summed E-state index contributed by atoms with van der Waals surface area (Å²) in [5.74, 6) is 2.95. The number of fused-ring (bicyclic) bond motifs is 1. The summed E-state index contributed by atoms with van der Waals surface area (Å²) in [4.78, 5) is 17.5. The Morgan fingerprint density at radius 3 is 2.49 bits per heavy atom. The summed E-state index contributed by atoms with van der Waals surface area (Å²) in [6, 6.07) is 21.6. The van der Waals surface area contributed by atoms with Gasteiger partial charge in [0.2, 0.25) is 0 Å². The number of hydrogen-bond donors (Lipinski definition) is 1. The van der Waals surface area contributed by atoms with Gasteiger partial charge >= 0.3 is 0 Å². The van der Waals surface area contributed by atoms with Crippen LogP contribution in [0.25, 0.3) is 11.0 Å². The molecular formula is C30H35N3O4. The highest BCUT2D eigenvalue weighted by molar-refractivity contribution is 5.94. The number of aryl methyl sites for hydroxylation is 3. The number of carbonyl (C=O) groups is 1. The van der Waals surface area contributed by atoms with Crippen molar-refractivity contribution in [3.8, 4) is 17.2 Å². The molecule has 0 radical (unpaired) electrons. The summed E-state index contributed by atoms with van der Waals surface area (Å²) >= 11 is 0. The van der Waals surface area contributed by atoms with Gasteiger partial charge < -0.3 is 24.1 Å². The van der Waals surface area contributed by atoms with Crippen LogP contribution in [-0.2, 0) is 13.0 Å². The van der Waals surface area contributed by atoms with E-state index in [2.05, 4.69) is 41.1 Å². The summed E-state index contributed by atoms with van der Waals surface area (Å²) < 4.78 is 18.7. The molecule has 0 unspecified atom stereocenters. The lowest BCUT2D eigenvalue weighted by Crippen LogP contribution is -2.25. The van der Waals surface area contributed by atoms with Crippen LogP contribution in [0.4, 0.5) is 0 Å². The molecule has 0 aliphatic carbocycles. The molecule has 37 heavy (non-hydrogen) atoms. The second kappa shape index (κ2) is 12.8. The number of methoxy groups -OCH3 is 2. The number of aromatic nitrogens is 2. The van der Waals surface area contributed by atoms with Crippen LogP contribution >= 0.6 is 0 Å². The minimum absolute atomic E-state index is 0.136. The van der Waals surface area contributed by atoms with E-state index in [9.17, 15) is 4.79 Å². The minimum atomic E-state index is -0.136. The van der Waals surface area contributed by atoms with Gasteiger partial charge in [0.25, 0.3) is 5.91 Å². The quantitative estimate of drug-likeness (QED) is 0.242. The van der Waals surface area contributed by atoms with Crippen LogP contribution in [0.5, 0.6) is 17.2 Å². The molecule has 7 heteroatoms. The van der Waals surface area contributed by atoms with Crippen molar-refractivity contribution in [2.75, 3.05) is 27.4 Å². The summed E-state index contributed by atoms with van der Waals surface area (Å²) in [7, 11) is 3.13. The number of benzene rings is 3. The van der Waals surface area contributed by atoms with Crippen LogP contribution < -0.4 is 19.5 Å². The smallest absolute Gasteiger partial charge is 0.251 e. The third-order valence-electron chi connectivity index (χ3n) is 6.31. The number of carbonyl (C=O) groups excluding carboxylic acids is 1. The Kier molecular flexibility index (Phi) is 9.03. The lowest BCUT2D eigenvalue weighted by atomic mass is 10.2. The molecule has 0 aliphatic rings. The Bertz CT molecular complexity index is 1310. The summed E-state index contributed by atoms with van der Waals surface area (Å²) in [6.07, 6.45) is 3.52. The molecule has 1 aromatic heterocycles. The van der Waals surface area contributed by atoms with E-state index in [1.807, 2.05) is 24.3 Å². The van der Waals surface area contributed by atoms with E-state index in [4.69, 9.17) is 19.2 Å². The standard InChI is InChI=1S/C30H35N3O4/c1-22-12-15-24(16-13-22)37-20-7-6-19-33-26-10-5-4-9-25(26)32-29(33)11-8-18-31-30(34)23-14-17-27(35-2)28(21-23)36-3/h4-5,9-10,12-17,21H,6-8,11,18-20H2,1-3H3,(H,31,34). The molecular weight excluding hydrogens is 466 g/mol. The monoisotopic (exact) mass is 501 g/mol. The third-order valence-corrected chi connectivity index (χ3v) is 6.31. The maximum absolute atomic E-state index is 12.6. The lowest BCUT2D eigenvalue weighted by Gasteiger charge is -2.11. The molecule has 0 fully saturated rings. The number of unbranched alkanes of at least 4 members (excludes halogenated alkanes) is 1. The van der Waals surface area contributed by atoms with E-state index in [1.165, 1.54) is 5.56 Å². The summed E-state index contributed by atoms with van der Waals surface area (Å²) in [5, 5.41) is 3.00. The number of nitrogens with one attached hydrogen (secondary N) is 1. The van der Waals surface area contributed by atoms with E-state index in [-0.39, 0.29) is 5.91 Å². The summed E-state index contributed by atoms with van der Waals surface area (Å²) in [5.41, 5.74) is 3.92. The van der Waals surface area contributed by atoms with Gasteiger partial charge in [0.15, 0.2) is 11.5 Å². The molecule has 4 aromatic rings. The van der Waals surface area contributed by atoms with Crippen LogP contribution in [0.1, 0.15) is 41.0 Å². The van der Waals surface area contributed by atoms with Crippen LogP contribution in [-0.4, -0.2) is 42.8 Å². The number of ether oxygens (including phenoxy) is 3. The molecule has 0 aliphatic heterocycles. The maximum Gasteiger partial charge on any atom is 0.251 e. The van der Waals surface area contributed by atoms with Gasteiger partial charge in [-0.05, 0) is 68.7 Å². The zero-order chi connectivity index (χ0) is 26.0. The number of para-hydroxylation sites is 2. The maximum atomic E-state index is 12.6. The van der Waals surface area contributed by atoms with E-state index in [0.29, 0.717) is 30.2 Å². The molecule has 0 atom stereocenters. The molecule has 1 amide bonds. The summed E-state index contributed by atoms with van der Waals surface area (Å²) in [6.45, 7) is 4.20. The van der Waals surface area contributed by atoms with Crippen molar-refractivity contribution in [1.82, 2.24) is 14.9 Å². The molecule has 1 heterocycles. The fraction of sp³-hybridized carbons (Fsp3) is 0.333. The Balaban J connectivity index is 1.29. The van der Waals surface area contributed by atoms with E-state index in [0.717, 1.165) is 54.8 Å². The molecule has 0 saturated heterocycles. The van der Waals surface area contributed by atoms with Gasteiger partial charge in [0.05, 0.1) is 31.9 Å². The van der Waals surface area contributed by atoms with Crippen LogP contribution in [0, 0.1) is 6.92 Å². The van der Waals surface area contributed by atoms with Gasteiger partial charge in [0, 0.05) is 25.1 Å². The van der Waals surface area contributed by atoms with Gasteiger partial charge in [0.1, 0.15) is 11.6 Å². The zero-order valence-electron chi connectivity index (χ0n) is 21.8. The van der Waals surface area contributed by atoms with Crippen molar-refractivity contribution in [3.05, 3.63) is 83.7 Å². The molecule has 194 valence electrons. The number of hydrogen-bond acceptors (Lipinski definition) is 5. The Morgan fingerprint density at radius 1 is 0.919 bits per heavy atom. The first kappa shape index (κ1) is 26.1. The topological polar surface area (TPSA) is 74.6 Å². The molecule has 3 aromatic carbocycles. The lowest BCUT2D eigenvalue weighted by molar-refractivity contribution is 0.0952. The van der Waals surface area contributed by atoms with Crippen LogP contribution in [0.15, 0.2) is 66.7 Å². The number of nitrogens with zero attached hydrogens (tertiary/aromatic N) is 2. The first-order valence-electron chi connectivity index (χ1n) is 12.7. The highest BCUT2D eigenvalue weighted by Crippen LogP contribution is 2.27. The second-order valence-corrected chi connectivity index (χ2v) is 8.97. The van der Waals surface area contributed by atoms with Crippen LogP contribution in [0.2, 0.25) is 0 Å². The fourth-order valence-corrected chi connectivity index (χ4v) is 4.29. The van der Waals surface area contributed by atoms with Crippen molar-refractivity contribution in [2.45, 2.75) is 39.2 Å². The molecule has 0 saturated carbocycles. The average molecular weight is 502 g/mol. The minimum Gasteiger partial charge on any atom is -0.494 e. The highest BCUT2D eigenvalue weighted by atomic mass is 16.5. The Labute approximate surface area is 218 Å². The van der Waals surface area contributed by atoms with E-state index in [1.54, 1.807) is 32.4 Å². The first-order chi connectivity index (χ1) is 18.1. The average Bonchev–Trinajstić information content (AvgIpc) is 3.28. The van der Waals surface area contributed by atoms with Gasteiger partial charge in [-0.3, -0.25) is 4.79 Å². The molecule has 1 N–H and O–H groups in total. The predicted octanol–water partition coefficient (Wildman–Crippen LogP) is 5.58. The molecule has 7 nitrogen and oxygen atoms in total. The van der Waals surface area contributed by atoms with Gasteiger partial charge in [-0.15, -0.1) is 0 Å². The highest BCUT2D eigenvalue weighted by Gasteiger charge is 2.12. The van der Waals surface area contributed by atoms with Crippen molar-refractivity contribution in [2.24, 2.45) is 0 Å². The SMILES string of the molecule is COc1ccc(C(=O)NCCCc2nc3ccccc3n2CCCCOc2ccc(C)cc2)cc1OC. The Hall–Kier alpha value is -4.00. The van der Waals surface area contributed by atoms with Crippen molar-refractivity contribution < 1.29 is 19.0 Å². The first-order valence-corrected chi connectivity index (χ1v) is 12.7. The number of amides is 1. The Morgan fingerprint density at radius 2 is 1.70 bits per heavy atom. The van der Waals surface area contributed by atoms with Gasteiger partial charge in [-0.1, -0.05) is 29.8 Å². The predicted molar refractivity (Wildman–Crippen MR) is 146 cm³/mol. The molecule has 0 spiro atoms. The zero-order valence-corrected chi connectivity index (χ0v) is 21.8. The fourth-order valence-electron chi connectivity index (χ4n) is 4.29. The van der Waals surface area contributed by atoms with Crippen LogP contribution in [0.3, 0.4) is 0 Å². The molecule has 4 rings (SSSR count). The van der Waals surface area contributed by atoms with E-state index >= 15 is 0 Å². The normalized spacial score (nSPS) is 10.9. The van der Waals surface area contributed by atoms with Gasteiger partial charge in [-0.2, -0.15) is 0 Å². The second-order valence-electron chi connectivity index (χ2n) is 8.97. The van der Waals surface area contributed by atoms with Crippen molar-refractivity contribution >= 4 is 16.9 Å². The number of imidazole rings is 1.